The van der Waals surface area contributed by atoms with Gasteiger partial charge in [0.2, 0.25) is 0 Å². The molecular weight excluding hydrogens is 256 g/mol. The van der Waals surface area contributed by atoms with E-state index in [4.69, 9.17) is 0 Å². The Kier molecular flexibility index (Phi) is 3.11. The van der Waals surface area contributed by atoms with Crippen molar-refractivity contribution in [2.45, 2.75) is 78.6 Å². The summed E-state index contributed by atoms with van der Waals surface area (Å²) in [5.41, 5.74) is 1.42. The Hall–Kier alpha value is -0.0400. The van der Waals surface area contributed by atoms with Crippen LogP contribution in [0.4, 0.5) is 0 Å². The summed E-state index contributed by atoms with van der Waals surface area (Å²) in [6.45, 7) is 7.94. The van der Waals surface area contributed by atoms with Crippen LogP contribution in [0.3, 0.4) is 0 Å². The van der Waals surface area contributed by atoms with Crippen molar-refractivity contribution in [2.75, 3.05) is 6.61 Å². The zero-order valence-corrected chi connectivity index (χ0v) is 14.3. The summed E-state index contributed by atoms with van der Waals surface area (Å²) < 4.78 is 0. The second-order valence-electron chi connectivity index (χ2n) is 9.90. The molecule has 0 heterocycles. The fraction of sp³-hybridized carbons (Fsp3) is 1.00. The molecule has 4 aliphatic carbocycles. The van der Waals surface area contributed by atoms with Gasteiger partial charge in [-0.05, 0) is 91.3 Å². The van der Waals surface area contributed by atoms with Crippen LogP contribution in [0.5, 0.6) is 0 Å². The third-order valence-electron chi connectivity index (χ3n) is 8.96. The smallest absolute Gasteiger partial charge is 0.0487 e. The molecular formula is C20H34O. The first kappa shape index (κ1) is 14.5. The Morgan fingerprint density at radius 2 is 1.76 bits per heavy atom. The second-order valence-corrected chi connectivity index (χ2v) is 9.90. The highest BCUT2D eigenvalue weighted by atomic mass is 16.3. The van der Waals surface area contributed by atoms with Crippen molar-refractivity contribution >= 4 is 0 Å². The van der Waals surface area contributed by atoms with Crippen LogP contribution in [0.15, 0.2) is 0 Å². The monoisotopic (exact) mass is 290 g/mol. The fourth-order valence-electron chi connectivity index (χ4n) is 8.11. The molecule has 0 aliphatic heterocycles. The largest absolute Gasteiger partial charge is 0.396 e. The van der Waals surface area contributed by atoms with Gasteiger partial charge in [-0.3, -0.25) is 0 Å². The average molecular weight is 290 g/mol. The first-order valence-electron chi connectivity index (χ1n) is 9.54. The Balaban J connectivity index is 1.71. The first-order chi connectivity index (χ1) is 9.94. The van der Waals surface area contributed by atoms with Crippen molar-refractivity contribution in [1.82, 2.24) is 0 Å². The lowest BCUT2D eigenvalue weighted by molar-refractivity contribution is -0.159. The molecule has 4 fully saturated rings. The van der Waals surface area contributed by atoms with E-state index in [0.717, 1.165) is 23.7 Å². The topological polar surface area (TPSA) is 20.2 Å². The Bertz CT molecular complexity index is 428. The lowest BCUT2D eigenvalue weighted by Gasteiger charge is -2.64. The standard InChI is InChI=1S/C20H34O/c1-14-11-20-10-7-16-18(2,13-21)8-4-9-19(16,3)17(20)6-5-15(14)12-20/h14-17,21H,4-13H2,1-3H3/t14-,15-,16-,17+,18+,19-,20-/m1/s1. The minimum atomic E-state index is 0.204. The van der Waals surface area contributed by atoms with E-state index in [1.165, 1.54) is 57.8 Å². The van der Waals surface area contributed by atoms with Crippen LogP contribution in [0.25, 0.3) is 0 Å². The minimum Gasteiger partial charge on any atom is -0.396 e. The molecule has 0 radical (unpaired) electrons. The van der Waals surface area contributed by atoms with E-state index in [-0.39, 0.29) is 5.41 Å². The molecule has 1 nitrogen and oxygen atoms in total. The zero-order valence-electron chi connectivity index (χ0n) is 14.3. The first-order valence-corrected chi connectivity index (χ1v) is 9.54. The summed E-state index contributed by atoms with van der Waals surface area (Å²) in [7, 11) is 0. The summed E-state index contributed by atoms with van der Waals surface area (Å²) >= 11 is 0. The molecule has 0 saturated heterocycles. The summed E-state index contributed by atoms with van der Waals surface area (Å²) in [6.07, 6.45) is 12.9. The quantitative estimate of drug-likeness (QED) is 0.718. The van der Waals surface area contributed by atoms with Crippen LogP contribution in [0, 0.1) is 39.9 Å². The van der Waals surface area contributed by atoms with Gasteiger partial charge in [-0.1, -0.05) is 27.2 Å². The lowest BCUT2D eigenvalue weighted by atomic mass is 9.41. The van der Waals surface area contributed by atoms with Crippen molar-refractivity contribution in [3.05, 3.63) is 0 Å². The van der Waals surface area contributed by atoms with Crippen molar-refractivity contribution in [3.63, 3.8) is 0 Å². The molecule has 1 spiro atoms. The number of hydrogen-bond acceptors (Lipinski definition) is 1. The molecule has 0 aromatic carbocycles. The van der Waals surface area contributed by atoms with Crippen LogP contribution < -0.4 is 0 Å². The summed E-state index contributed by atoms with van der Waals surface area (Å²) in [4.78, 5) is 0. The highest BCUT2D eigenvalue weighted by molar-refractivity contribution is 5.13. The van der Waals surface area contributed by atoms with E-state index < -0.39 is 0 Å². The molecule has 0 amide bonds. The van der Waals surface area contributed by atoms with Gasteiger partial charge in [0.05, 0.1) is 0 Å². The Morgan fingerprint density at radius 3 is 2.52 bits per heavy atom. The number of rotatable bonds is 1. The van der Waals surface area contributed by atoms with Crippen LogP contribution in [0.1, 0.15) is 78.6 Å². The molecule has 0 unspecified atom stereocenters. The fourth-order valence-corrected chi connectivity index (χ4v) is 8.11. The molecule has 1 N–H and O–H groups in total. The summed E-state index contributed by atoms with van der Waals surface area (Å²) in [6, 6.07) is 0. The normalized spacial score (nSPS) is 59.4. The molecule has 1 heteroatoms. The highest BCUT2D eigenvalue weighted by Crippen LogP contribution is 2.72. The molecule has 21 heavy (non-hydrogen) atoms. The lowest BCUT2D eigenvalue weighted by Crippen LogP contribution is -2.57. The number of fused-ring (bicyclic) bond motifs is 3. The van der Waals surface area contributed by atoms with Crippen molar-refractivity contribution < 1.29 is 5.11 Å². The van der Waals surface area contributed by atoms with Crippen LogP contribution >= 0.6 is 0 Å². The van der Waals surface area contributed by atoms with E-state index in [1.807, 2.05) is 0 Å². The van der Waals surface area contributed by atoms with Gasteiger partial charge < -0.3 is 5.11 Å². The molecule has 2 bridgehead atoms. The van der Waals surface area contributed by atoms with Crippen LogP contribution in [0.2, 0.25) is 0 Å². The van der Waals surface area contributed by atoms with E-state index in [9.17, 15) is 5.11 Å². The van der Waals surface area contributed by atoms with Gasteiger partial charge in [-0.25, -0.2) is 0 Å². The van der Waals surface area contributed by atoms with Gasteiger partial charge in [0.25, 0.3) is 0 Å². The second kappa shape index (κ2) is 4.49. The number of aliphatic hydroxyl groups is 1. The maximum atomic E-state index is 10.1. The van der Waals surface area contributed by atoms with Gasteiger partial charge in [-0.15, -0.1) is 0 Å². The molecule has 0 aromatic heterocycles. The molecule has 4 saturated carbocycles. The molecule has 4 rings (SSSR count). The van der Waals surface area contributed by atoms with Gasteiger partial charge in [0.1, 0.15) is 0 Å². The van der Waals surface area contributed by atoms with Gasteiger partial charge in [0, 0.05) is 6.61 Å². The Labute approximate surface area is 130 Å². The van der Waals surface area contributed by atoms with Crippen LogP contribution in [-0.2, 0) is 0 Å². The Morgan fingerprint density at radius 1 is 0.952 bits per heavy atom. The van der Waals surface area contributed by atoms with Gasteiger partial charge in [-0.2, -0.15) is 0 Å². The minimum absolute atomic E-state index is 0.204. The van der Waals surface area contributed by atoms with E-state index in [2.05, 4.69) is 20.8 Å². The predicted molar refractivity (Wildman–Crippen MR) is 86.9 cm³/mol. The van der Waals surface area contributed by atoms with Gasteiger partial charge in [0.15, 0.2) is 0 Å². The average Bonchev–Trinajstić information content (AvgIpc) is 2.68. The molecule has 7 atom stereocenters. The molecule has 4 aliphatic rings. The predicted octanol–water partition coefficient (Wildman–Crippen LogP) is 5.03. The SMILES string of the molecule is C[C@@H]1C[C@@]23CC[C@@H]4[C@](C)(CO)CCC[C@@]4(C)[C@@H]2CC[C@@H]1C3. The van der Waals surface area contributed by atoms with E-state index in [1.54, 1.807) is 0 Å². The maximum absolute atomic E-state index is 10.1. The third kappa shape index (κ3) is 1.79. The number of aliphatic hydroxyl groups excluding tert-OH is 1. The summed E-state index contributed by atoms with van der Waals surface area (Å²) in [5, 5.41) is 10.1. The zero-order chi connectivity index (χ0) is 14.9. The molecule has 0 aromatic rings. The highest BCUT2D eigenvalue weighted by Gasteiger charge is 2.63. The van der Waals surface area contributed by atoms with E-state index >= 15 is 0 Å². The van der Waals surface area contributed by atoms with Crippen molar-refractivity contribution in [1.29, 1.82) is 0 Å². The number of hydrogen-bond donors (Lipinski definition) is 1. The van der Waals surface area contributed by atoms with Crippen molar-refractivity contribution in [2.24, 2.45) is 39.9 Å². The van der Waals surface area contributed by atoms with Crippen LogP contribution in [-0.4, -0.2) is 11.7 Å². The maximum Gasteiger partial charge on any atom is 0.0487 e. The third-order valence-corrected chi connectivity index (χ3v) is 8.96. The summed E-state index contributed by atoms with van der Waals surface area (Å²) in [5.74, 6) is 3.74. The van der Waals surface area contributed by atoms with E-state index in [0.29, 0.717) is 17.4 Å². The van der Waals surface area contributed by atoms with Crippen molar-refractivity contribution in [3.8, 4) is 0 Å². The van der Waals surface area contributed by atoms with Gasteiger partial charge >= 0.3 is 0 Å². The molecule has 120 valence electrons.